The highest BCUT2D eigenvalue weighted by atomic mass is 16.3. The maximum atomic E-state index is 6.50. The first-order valence-electron chi connectivity index (χ1n) is 44.1. The van der Waals surface area contributed by atoms with E-state index >= 15 is 0 Å². The predicted molar refractivity (Wildman–Crippen MR) is 544 cm³/mol. The molecule has 3 heterocycles. The molecule has 0 aliphatic heterocycles. The molecular weight excluding hydrogens is 1550 g/mol. The van der Waals surface area contributed by atoms with Gasteiger partial charge in [-0.25, -0.2) is 0 Å². The summed E-state index contributed by atoms with van der Waals surface area (Å²) >= 11 is 0. The second kappa shape index (κ2) is 30.4. The Bertz CT molecular complexity index is 9190. The van der Waals surface area contributed by atoms with Crippen LogP contribution in [0.5, 0.6) is 0 Å². The lowest BCUT2D eigenvalue weighted by atomic mass is 9.84. The van der Waals surface area contributed by atoms with Gasteiger partial charge in [-0.05, 0) is 260 Å². The van der Waals surface area contributed by atoms with E-state index in [-0.39, 0.29) is 0 Å². The van der Waals surface area contributed by atoms with Crippen molar-refractivity contribution in [1.82, 2.24) is 0 Å². The van der Waals surface area contributed by atoms with E-state index in [1.165, 1.54) is 186 Å². The fourth-order valence-electron chi connectivity index (χ4n) is 20.7. The Morgan fingerprint density at radius 1 is 0.125 bits per heavy atom. The molecule has 0 saturated carbocycles. The van der Waals surface area contributed by atoms with E-state index in [9.17, 15) is 0 Å². The van der Waals surface area contributed by atoms with Crippen LogP contribution in [0.25, 0.3) is 263 Å². The second-order valence-corrected chi connectivity index (χ2v) is 33.9. The molecule has 0 aliphatic carbocycles. The van der Waals surface area contributed by atoms with Crippen LogP contribution in [0.15, 0.2) is 468 Å². The van der Waals surface area contributed by atoms with Crippen molar-refractivity contribution in [2.75, 3.05) is 0 Å². The average Bonchev–Trinajstić information content (AvgIpc) is 1.52. The van der Waals surface area contributed by atoms with E-state index in [2.05, 4.69) is 462 Å². The van der Waals surface area contributed by atoms with Crippen LogP contribution in [0.4, 0.5) is 0 Å². The fraction of sp³-hybridized carbons (Fsp3) is 0.00800. The molecule has 0 radical (unpaired) electrons. The minimum Gasteiger partial charge on any atom is -0.455 e. The number of benzene rings is 24. The van der Waals surface area contributed by atoms with Gasteiger partial charge >= 0.3 is 0 Å². The maximum absolute atomic E-state index is 6.50. The molecule has 596 valence electrons. The minimum atomic E-state index is 0.910. The summed E-state index contributed by atoms with van der Waals surface area (Å²) in [6.45, 7) is 2.18. The highest BCUT2D eigenvalue weighted by Gasteiger charge is 2.25. The highest BCUT2D eigenvalue weighted by molar-refractivity contribution is 6.28. The number of furan rings is 3. The molecular formula is C125H78O3. The van der Waals surface area contributed by atoms with E-state index in [4.69, 9.17) is 13.3 Å². The van der Waals surface area contributed by atoms with Gasteiger partial charge in [0.25, 0.3) is 0 Å². The smallest absolute Gasteiger partial charge is 0.143 e. The van der Waals surface area contributed by atoms with Crippen molar-refractivity contribution in [2.24, 2.45) is 0 Å². The Labute approximate surface area is 738 Å². The molecule has 3 nitrogen and oxygen atoms in total. The zero-order chi connectivity index (χ0) is 84.4. The molecule has 27 rings (SSSR count). The van der Waals surface area contributed by atoms with Crippen molar-refractivity contribution in [2.45, 2.75) is 6.92 Å². The van der Waals surface area contributed by atoms with Gasteiger partial charge in [0.15, 0.2) is 0 Å². The number of fused-ring (bicyclic) bond motifs is 22. The van der Waals surface area contributed by atoms with Crippen molar-refractivity contribution < 1.29 is 13.3 Å². The second-order valence-electron chi connectivity index (χ2n) is 33.9. The SMILES string of the molecule is Cc1ccc2c(-c3ccccc3)c3ccccc3c(-c3ccc4oc5c6ccccc6ccc5c4c3)c2c1.c1ccc(-c2c3ccccc3c(-c3ccc4oc5c6ccccc6ccc5c4c3)c3ccc(-c4ccc5ccccc5c4)cc23)cc1.c1ccc(-c2ccc3c(-c4ccccc4)c4ccccc4c(-c4ccc5oc6c7ccccc7ccc6c5c4)c3c2)cc1. The van der Waals surface area contributed by atoms with Crippen LogP contribution in [-0.4, -0.2) is 0 Å². The predicted octanol–water partition coefficient (Wildman–Crippen LogP) is 35.9. The van der Waals surface area contributed by atoms with Crippen molar-refractivity contribution in [3.05, 3.63) is 461 Å². The molecule has 3 heteroatoms. The molecule has 128 heavy (non-hydrogen) atoms. The largest absolute Gasteiger partial charge is 0.455 e. The van der Waals surface area contributed by atoms with E-state index in [0.717, 1.165) is 82.0 Å². The number of aryl methyl sites for hydroxylation is 1. The zero-order valence-electron chi connectivity index (χ0n) is 70.0. The number of hydrogen-bond acceptors (Lipinski definition) is 3. The molecule has 0 amide bonds. The molecule has 27 aromatic rings. The molecule has 0 atom stereocenters. The first-order chi connectivity index (χ1) is 63.4. The van der Waals surface area contributed by atoms with Crippen LogP contribution >= 0.6 is 0 Å². The van der Waals surface area contributed by atoms with Crippen molar-refractivity contribution in [1.29, 1.82) is 0 Å². The van der Waals surface area contributed by atoms with E-state index in [1.54, 1.807) is 0 Å². The minimum absolute atomic E-state index is 0.910. The summed E-state index contributed by atoms with van der Waals surface area (Å²) in [5.74, 6) is 0. The lowest BCUT2D eigenvalue weighted by Gasteiger charge is -2.19. The van der Waals surface area contributed by atoms with Gasteiger partial charge in [-0.1, -0.05) is 388 Å². The maximum Gasteiger partial charge on any atom is 0.143 e. The Morgan fingerprint density at radius 3 is 0.742 bits per heavy atom. The molecule has 24 aromatic carbocycles. The summed E-state index contributed by atoms with van der Waals surface area (Å²) in [6.07, 6.45) is 0. The molecule has 0 saturated heterocycles. The van der Waals surface area contributed by atoms with Gasteiger partial charge < -0.3 is 13.3 Å². The van der Waals surface area contributed by atoms with Crippen LogP contribution < -0.4 is 0 Å². The number of hydrogen-bond donors (Lipinski definition) is 0. The zero-order valence-corrected chi connectivity index (χ0v) is 70.0. The van der Waals surface area contributed by atoms with Crippen LogP contribution in [-0.2, 0) is 0 Å². The molecule has 0 bridgehead atoms. The van der Waals surface area contributed by atoms with Crippen molar-refractivity contribution in [3.63, 3.8) is 0 Å². The Kier molecular flexibility index (Phi) is 17.5. The summed E-state index contributed by atoms with van der Waals surface area (Å²) in [7, 11) is 0. The monoisotopic (exact) mass is 1630 g/mol. The lowest BCUT2D eigenvalue weighted by Crippen LogP contribution is -1.91. The normalized spacial score (nSPS) is 11.8. The standard InChI is InChI=1S/C46H28O.C42H26O.C37H24O/c1-2-12-31(13-3-1)44-37-16-8-9-17-38(37)45(39-23-21-34(27-42(39)44)33-19-18-29-10-4-5-14-32(29)26-33)35-22-25-43-41(28-35)40-24-20-30-11-6-7-15-36(30)46(40)47-43;1-3-11-27(12-4-1)30-20-22-35-38(25-30)41(34-18-10-9-17-33(34)40(35)29-14-5-2-6-15-29)31-21-24-39-37(26-31)36-23-19-28-13-7-8-16-32(28)42(36)43-39;1-23-15-18-30-33(21-23)36(29-14-8-7-13-28(29)35(30)25-10-3-2-4-11-25)26-17-20-34-32(22-26)31-19-16-24-9-5-6-12-27(24)37(31)38-34/h1-28H;1-26H;2-22H,1H3. The lowest BCUT2D eigenvalue weighted by molar-refractivity contribution is 0.672. The fourth-order valence-corrected chi connectivity index (χ4v) is 20.7. The average molecular weight is 1630 g/mol. The third-order valence-corrected chi connectivity index (χ3v) is 26.6. The topological polar surface area (TPSA) is 39.4 Å². The third kappa shape index (κ3) is 12.3. The summed E-state index contributed by atoms with van der Waals surface area (Å²) in [5, 5.41) is 31.5. The van der Waals surface area contributed by atoms with E-state index < -0.39 is 0 Å². The van der Waals surface area contributed by atoms with Crippen LogP contribution in [0, 0.1) is 6.92 Å². The first kappa shape index (κ1) is 74.0. The van der Waals surface area contributed by atoms with Gasteiger partial charge in [0, 0.05) is 48.5 Å². The third-order valence-electron chi connectivity index (χ3n) is 26.6. The molecule has 0 spiro atoms. The summed E-state index contributed by atoms with van der Waals surface area (Å²) in [6, 6.07) is 164. The van der Waals surface area contributed by atoms with Gasteiger partial charge in [0.05, 0.1) is 0 Å². The Morgan fingerprint density at radius 2 is 0.359 bits per heavy atom. The van der Waals surface area contributed by atoms with E-state index in [0.29, 0.717) is 0 Å². The first-order valence-corrected chi connectivity index (χ1v) is 44.1. The molecule has 0 unspecified atom stereocenters. The summed E-state index contributed by atoms with van der Waals surface area (Å²) in [5.41, 5.74) is 26.6. The molecule has 0 N–H and O–H groups in total. The highest BCUT2D eigenvalue weighted by Crippen LogP contribution is 2.52. The van der Waals surface area contributed by atoms with Crippen LogP contribution in [0.3, 0.4) is 0 Å². The Balaban J connectivity index is 0.000000105. The van der Waals surface area contributed by atoms with Gasteiger partial charge in [0.1, 0.15) is 33.5 Å². The van der Waals surface area contributed by atoms with Gasteiger partial charge in [-0.3, -0.25) is 0 Å². The quantitative estimate of drug-likeness (QED) is 0.142. The summed E-state index contributed by atoms with van der Waals surface area (Å²) < 4.78 is 19.4. The van der Waals surface area contributed by atoms with Crippen molar-refractivity contribution in [3.8, 4) is 89.0 Å². The van der Waals surface area contributed by atoms with E-state index in [1.807, 2.05) is 0 Å². The van der Waals surface area contributed by atoms with Gasteiger partial charge in [-0.15, -0.1) is 0 Å². The van der Waals surface area contributed by atoms with Crippen LogP contribution in [0.2, 0.25) is 0 Å². The summed E-state index contributed by atoms with van der Waals surface area (Å²) in [4.78, 5) is 0. The Hall–Kier alpha value is -16.7. The van der Waals surface area contributed by atoms with Gasteiger partial charge in [0.2, 0.25) is 0 Å². The molecule has 0 fully saturated rings. The molecule has 3 aromatic heterocycles. The van der Waals surface area contributed by atoms with Crippen molar-refractivity contribution >= 4 is 174 Å². The van der Waals surface area contributed by atoms with Gasteiger partial charge in [-0.2, -0.15) is 0 Å². The van der Waals surface area contributed by atoms with Crippen LogP contribution in [0.1, 0.15) is 5.56 Å². The molecule has 0 aliphatic rings. The number of rotatable bonds is 8.